The van der Waals surface area contributed by atoms with Gasteiger partial charge in [0.25, 0.3) is 0 Å². The lowest BCUT2D eigenvalue weighted by Crippen LogP contribution is -1.97. The van der Waals surface area contributed by atoms with Crippen LogP contribution in [-0.2, 0) is 0 Å². The summed E-state index contributed by atoms with van der Waals surface area (Å²) >= 11 is 0. The Morgan fingerprint density at radius 1 is 1.17 bits per heavy atom. The minimum Gasteiger partial charge on any atom is -0.206 e. The van der Waals surface area contributed by atoms with Crippen molar-refractivity contribution in [2.75, 3.05) is 0 Å². The Balaban J connectivity index is 3.27. The topological polar surface area (TPSA) is 0 Å². The zero-order valence-electron chi connectivity index (χ0n) is 8.11. The molecule has 0 radical (unpaired) electrons. The summed E-state index contributed by atoms with van der Waals surface area (Å²) in [6, 6.07) is 3.86. The Morgan fingerprint density at radius 2 is 1.75 bits per heavy atom. The normalized spacial score (nSPS) is 10.8. The minimum atomic E-state index is -0.0370. The van der Waals surface area contributed by atoms with Gasteiger partial charge >= 0.3 is 0 Å². The second kappa shape index (κ2) is 3.26. The molecular formula is C11H15F. The van der Waals surface area contributed by atoms with Crippen molar-refractivity contribution in [3.8, 4) is 0 Å². The summed E-state index contributed by atoms with van der Waals surface area (Å²) in [5.74, 6) is 0.231. The quantitative estimate of drug-likeness (QED) is 0.598. The molecule has 0 aliphatic heterocycles. The number of benzene rings is 1. The highest BCUT2D eigenvalue weighted by Gasteiger charge is 2.09. The van der Waals surface area contributed by atoms with Crippen molar-refractivity contribution >= 4 is 0 Å². The molecular weight excluding hydrogens is 151 g/mol. The van der Waals surface area contributed by atoms with Crippen LogP contribution in [0.25, 0.3) is 0 Å². The van der Waals surface area contributed by atoms with E-state index >= 15 is 0 Å². The maximum atomic E-state index is 13.5. The maximum absolute atomic E-state index is 13.5. The molecule has 0 nitrogen and oxygen atoms in total. The lowest BCUT2D eigenvalue weighted by molar-refractivity contribution is 0.588. The van der Waals surface area contributed by atoms with E-state index in [-0.39, 0.29) is 11.7 Å². The Hall–Kier alpha value is -0.850. The SMILES string of the molecule is Cc1ccc(C(C)C)c(F)c1C. The van der Waals surface area contributed by atoms with Gasteiger partial charge in [0.05, 0.1) is 0 Å². The van der Waals surface area contributed by atoms with Crippen LogP contribution in [-0.4, -0.2) is 0 Å². The van der Waals surface area contributed by atoms with Gasteiger partial charge in [-0.3, -0.25) is 0 Å². The zero-order valence-corrected chi connectivity index (χ0v) is 8.11. The molecule has 0 aliphatic rings. The fourth-order valence-electron chi connectivity index (χ4n) is 1.25. The van der Waals surface area contributed by atoms with E-state index < -0.39 is 0 Å². The summed E-state index contributed by atoms with van der Waals surface area (Å²) in [6.07, 6.45) is 0. The highest BCUT2D eigenvalue weighted by atomic mass is 19.1. The molecule has 66 valence electrons. The molecule has 1 rings (SSSR count). The highest BCUT2D eigenvalue weighted by Crippen LogP contribution is 2.22. The summed E-state index contributed by atoms with van der Waals surface area (Å²) < 4.78 is 13.5. The molecule has 0 bridgehead atoms. The lowest BCUT2D eigenvalue weighted by atomic mass is 9.97. The summed E-state index contributed by atoms with van der Waals surface area (Å²) in [5, 5.41) is 0. The van der Waals surface area contributed by atoms with Gasteiger partial charge in [0.2, 0.25) is 0 Å². The number of hydrogen-bond acceptors (Lipinski definition) is 0. The average molecular weight is 166 g/mol. The van der Waals surface area contributed by atoms with Crippen LogP contribution in [0.4, 0.5) is 4.39 Å². The van der Waals surface area contributed by atoms with Crippen molar-refractivity contribution in [1.82, 2.24) is 0 Å². The van der Waals surface area contributed by atoms with Gasteiger partial charge in [-0.1, -0.05) is 26.0 Å². The maximum Gasteiger partial charge on any atom is 0.129 e. The number of halogens is 1. The molecule has 1 heteroatoms. The van der Waals surface area contributed by atoms with E-state index in [2.05, 4.69) is 0 Å². The fourth-order valence-corrected chi connectivity index (χ4v) is 1.25. The molecule has 0 amide bonds. The number of hydrogen-bond donors (Lipinski definition) is 0. The van der Waals surface area contributed by atoms with Crippen molar-refractivity contribution < 1.29 is 4.39 Å². The van der Waals surface area contributed by atoms with Gasteiger partial charge < -0.3 is 0 Å². The van der Waals surface area contributed by atoms with Gasteiger partial charge in [0, 0.05) is 0 Å². The van der Waals surface area contributed by atoms with Crippen LogP contribution >= 0.6 is 0 Å². The molecule has 0 heterocycles. The molecule has 0 unspecified atom stereocenters. The van der Waals surface area contributed by atoms with E-state index in [0.29, 0.717) is 0 Å². The third-order valence-electron chi connectivity index (χ3n) is 2.31. The first-order valence-electron chi connectivity index (χ1n) is 4.29. The van der Waals surface area contributed by atoms with Crippen LogP contribution in [0.15, 0.2) is 12.1 Å². The Labute approximate surface area is 73.4 Å². The van der Waals surface area contributed by atoms with Gasteiger partial charge in [0.15, 0.2) is 0 Å². The number of rotatable bonds is 1. The van der Waals surface area contributed by atoms with E-state index in [0.717, 1.165) is 16.7 Å². The van der Waals surface area contributed by atoms with Gasteiger partial charge in [0.1, 0.15) is 5.82 Å². The fraction of sp³-hybridized carbons (Fsp3) is 0.455. The Bertz CT molecular complexity index is 287. The average Bonchev–Trinajstić information content (AvgIpc) is 2.00. The van der Waals surface area contributed by atoms with Crippen LogP contribution < -0.4 is 0 Å². The Kier molecular flexibility index (Phi) is 2.51. The van der Waals surface area contributed by atoms with Gasteiger partial charge in [-0.25, -0.2) is 4.39 Å². The van der Waals surface area contributed by atoms with Crippen molar-refractivity contribution in [3.63, 3.8) is 0 Å². The smallest absolute Gasteiger partial charge is 0.129 e. The van der Waals surface area contributed by atoms with Crippen molar-refractivity contribution in [3.05, 3.63) is 34.6 Å². The molecule has 0 N–H and O–H groups in total. The Morgan fingerprint density at radius 3 is 2.25 bits per heavy atom. The third-order valence-corrected chi connectivity index (χ3v) is 2.31. The summed E-state index contributed by atoms with van der Waals surface area (Å²) in [6.45, 7) is 7.78. The first-order chi connectivity index (χ1) is 5.54. The molecule has 1 aromatic carbocycles. The predicted molar refractivity (Wildman–Crippen MR) is 50.0 cm³/mol. The van der Waals surface area contributed by atoms with Gasteiger partial charge in [-0.05, 0) is 36.5 Å². The predicted octanol–water partition coefficient (Wildman–Crippen LogP) is 3.57. The molecule has 0 atom stereocenters. The van der Waals surface area contributed by atoms with E-state index in [1.54, 1.807) is 0 Å². The lowest BCUT2D eigenvalue weighted by Gasteiger charge is -2.10. The molecule has 0 aliphatic carbocycles. The number of aryl methyl sites for hydroxylation is 1. The monoisotopic (exact) mass is 166 g/mol. The third kappa shape index (κ3) is 1.50. The van der Waals surface area contributed by atoms with Gasteiger partial charge in [-0.2, -0.15) is 0 Å². The highest BCUT2D eigenvalue weighted by molar-refractivity contribution is 5.33. The second-order valence-electron chi connectivity index (χ2n) is 3.57. The van der Waals surface area contributed by atoms with E-state index in [4.69, 9.17) is 0 Å². The molecule has 0 spiro atoms. The first kappa shape index (κ1) is 9.24. The standard InChI is InChI=1S/C11H15F/c1-7(2)10-6-5-8(3)9(4)11(10)12/h5-7H,1-4H3. The van der Waals surface area contributed by atoms with Crippen molar-refractivity contribution in [2.45, 2.75) is 33.6 Å². The van der Waals surface area contributed by atoms with Crippen LogP contribution in [0.3, 0.4) is 0 Å². The van der Waals surface area contributed by atoms with E-state index in [9.17, 15) is 4.39 Å². The van der Waals surface area contributed by atoms with Crippen molar-refractivity contribution in [1.29, 1.82) is 0 Å². The first-order valence-corrected chi connectivity index (χ1v) is 4.29. The molecule has 0 aromatic heterocycles. The molecule has 0 saturated carbocycles. The van der Waals surface area contributed by atoms with Crippen LogP contribution in [0.1, 0.15) is 36.5 Å². The zero-order chi connectivity index (χ0) is 9.30. The van der Waals surface area contributed by atoms with Crippen LogP contribution in [0, 0.1) is 19.7 Å². The van der Waals surface area contributed by atoms with Crippen molar-refractivity contribution in [2.24, 2.45) is 0 Å². The van der Waals surface area contributed by atoms with E-state index in [1.165, 1.54) is 0 Å². The molecule has 12 heavy (non-hydrogen) atoms. The van der Waals surface area contributed by atoms with Gasteiger partial charge in [-0.15, -0.1) is 0 Å². The molecule has 0 fully saturated rings. The van der Waals surface area contributed by atoms with Crippen LogP contribution in [0.2, 0.25) is 0 Å². The summed E-state index contributed by atoms with van der Waals surface area (Å²) in [7, 11) is 0. The second-order valence-corrected chi connectivity index (χ2v) is 3.57. The van der Waals surface area contributed by atoms with E-state index in [1.807, 2.05) is 39.8 Å². The summed E-state index contributed by atoms with van der Waals surface area (Å²) in [5.41, 5.74) is 2.62. The molecule has 1 aromatic rings. The largest absolute Gasteiger partial charge is 0.206 e. The molecule has 0 saturated heterocycles. The summed E-state index contributed by atoms with van der Waals surface area (Å²) in [4.78, 5) is 0. The minimum absolute atomic E-state index is 0.0370. The van der Waals surface area contributed by atoms with Crippen LogP contribution in [0.5, 0.6) is 0 Å².